The van der Waals surface area contributed by atoms with Gasteiger partial charge in [-0.25, -0.2) is 17.2 Å². The van der Waals surface area contributed by atoms with Gasteiger partial charge in [-0.05, 0) is 48.7 Å². The Hall–Kier alpha value is -2.98. The van der Waals surface area contributed by atoms with E-state index in [0.29, 0.717) is 24.1 Å². The van der Waals surface area contributed by atoms with Crippen LogP contribution in [0.5, 0.6) is 5.75 Å². The molecular weight excluding hydrogens is 446 g/mol. The number of carbonyl (C=O) groups is 1. The molecule has 0 atom stereocenters. The number of hydrogen-bond acceptors (Lipinski definition) is 5. The van der Waals surface area contributed by atoms with Gasteiger partial charge in [0.2, 0.25) is 0 Å². The number of sulfonamides is 1. The zero-order valence-electron chi connectivity index (χ0n) is 16.8. The van der Waals surface area contributed by atoms with Gasteiger partial charge in [0.1, 0.15) is 27.2 Å². The Morgan fingerprint density at radius 1 is 1.13 bits per heavy atom. The molecule has 6 nitrogen and oxygen atoms in total. The molecule has 31 heavy (non-hydrogen) atoms. The van der Waals surface area contributed by atoms with Crippen molar-refractivity contribution in [2.45, 2.75) is 18.4 Å². The lowest BCUT2D eigenvalue weighted by molar-refractivity contribution is 0.0951. The first-order valence-electron chi connectivity index (χ1n) is 9.25. The lowest BCUT2D eigenvalue weighted by Gasteiger charge is -2.20. The van der Waals surface area contributed by atoms with Crippen molar-refractivity contribution in [1.29, 1.82) is 0 Å². The molecule has 1 amide bonds. The van der Waals surface area contributed by atoms with Gasteiger partial charge in [-0.15, -0.1) is 11.3 Å². The lowest BCUT2D eigenvalue weighted by atomic mass is 10.2. The largest absolute Gasteiger partial charge is 0.494 e. The van der Waals surface area contributed by atoms with Crippen molar-refractivity contribution in [3.8, 4) is 5.75 Å². The van der Waals surface area contributed by atoms with E-state index in [1.165, 1.54) is 24.6 Å². The van der Waals surface area contributed by atoms with Crippen LogP contribution in [-0.2, 0) is 16.6 Å². The van der Waals surface area contributed by atoms with E-state index in [4.69, 9.17) is 4.74 Å². The second kappa shape index (κ2) is 9.44. The predicted molar refractivity (Wildman–Crippen MR) is 115 cm³/mol. The minimum Gasteiger partial charge on any atom is -0.494 e. The fourth-order valence-electron chi connectivity index (χ4n) is 2.79. The van der Waals surface area contributed by atoms with E-state index < -0.39 is 27.6 Å². The smallest absolute Gasteiger partial charge is 0.265 e. The van der Waals surface area contributed by atoms with Gasteiger partial charge in [0.25, 0.3) is 15.9 Å². The molecule has 1 aromatic heterocycles. The van der Waals surface area contributed by atoms with Crippen LogP contribution in [0, 0.1) is 11.6 Å². The molecule has 0 aliphatic heterocycles. The van der Waals surface area contributed by atoms with E-state index >= 15 is 0 Å². The van der Waals surface area contributed by atoms with Crippen molar-refractivity contribution in [3.63, 3.8) is 0 Å². The highest BCUT2D eigenvalue weighted by atomic mass is 32.2. The summed E-state index contributed by atoms with van der Waals surface area (Å²) >= 11 is 0.956. The number of halogens is 2. The van der Waals surface area contributed by atoms with Gasteiger partial charge in [0.05, 0.1) is 12.3 Å². The van der Waals surface area contributed by atoms with Crippen molar-refractivity contribution in [1.82, 2.24) is 5.32 Å². The van der Waals surface area contributed by atoms with Crippen LogP contribution in [-0.4, -0.2) is 28.0 Å². The molecule has 0 unspecified atom stereocenters. The molecule has 0 aliphatic rings. The number of hydrogen-bond donors (Lipinski definition) is 1. The summed E-state index contributed by atoms with van der Waals surface area (Å²) in [5.41, 5.74) is 0.483. The molecule has 10 heteroatoms. The van der Waals surface area contributed by atoms with Crippen molar-refractivity contribution in [2.24, 2.45) is 0 Å². The number of nitrogens with one attached hydrogen (secondary N) is 1. The number of thiophene rings is 1. The molecule has 0 fully saturated rings. The maximum Gasteiger partial charge on any atom is 0.265 e. The number of amides is 1. The number of benzene rings is 2. The zero-order chi connectivity index (χ0) is 22.6. The van der Waals surface area contributed by atoms with E-state index in [9.17, 15) is 22.0 Å². The zero-order valence-corrected chi connectivity index (χ0v) is 18.4. The van der Waals surface area contributed by atoms with Crippen LogP contribution in [0.1, 0.15) is 22.2 Å². The van der Waals surface area contributed by atoms with Gasteiger partial charge in [0, 0.05) is 25.2 Å². The van der Waals surface area contributed by atoms with Crippen LogP contribution in [0.25, 0.3) is 0 Å². The second-order valence-corrected chi connectivity index (χ2v) is 9.29. The monoisotopic (exact) mass is 466 g/mol. The quantitative estimate of drug-likeness (QED) is 0.541. The average Bonchev–Trinajstić information content (AvgIpc) is 3.24. The fourth-order valence-corrected chi connectivity index (χ4v) is 5.30. The third-order valence-electron chi connectivity index (χ3n) is 4.44. The Morgan fingerprint density at radius 2 is 1.84 bits per heavy atom. The first-order chi connectivity index (χ1) is 14.7. The standard InChI is InChI=1S/C21H20F2N2O4S2/c1-3-29-17-8-6-16(7-9-17)25(2)31(27,28)19-10-11-30-20(19)21(26)24-13-14-4-5-15(22)12-18(14)23/h4-12H,3,13H2,1-2H3,(H,24,26). The molecule has 2 aromatic carbocycles. The van der Waals surface area contributed by atoms with Crippen molar-refractivity contribution in [2.75, 3.05) is 18.0 Å². The Kier molecular flexibility index (Phi) is 6.91. The summed E-state index contributed by atoms with van der Waals surface area (Å²) in [5, 5.41) is 3.98. The molecule has 0 spiro atoms. The topological polar surface area (TPSA) is 75.7 Å². The van der Waals surface area contributed by atoms with E-state index in [0.717, 1.165) is 21.7 Å². The summed E-state index contributed by atoms with van der Waals surface area (Å²) in [6.07, 6.45) is 0. The van der Waals surface area contributed by atoms with Crippen LogP contribution in [0.3, 0.4) is 0 Å². The summed E-state index contributed by atoms with van der Waals surface area (Å²) in [4.78, 5) is 12.4. The summed E-state index contributed by atoms with van der Waals surface area (Å²) in [6, 6.07) is 10.9. The van der Waals surface area contributed by atoms with Gasteiger partial charge in [0.15, 0.2) is 0 Å². The highest BCUT2D eigenvalue weighted by Gasteiger charge is 2.28. The molecule has 1 heterocycles. The highest BCUT2D eigenvalue weighted by molar-refractivity contribution is 7.93. The second-order valence-electron chi connectivity index (χ2n) is 6.43. The first-order valence-corrected chi connectivity index (χ1v) is 11.6. The molecule has 0 bridgehead atoms. The Morgan fingerprint density at radius 3 is 2.48 bits per heavy atom. The highest BCUT2D eigenvalue weighted by Crippen LogP contribution is 2.29. The van der Waals surface area contributed by atoms with Crippen molar-refractivity contribution in [3.05, 3.63) is 76.0 Å². The van der Waals surface area contributed by atoms with Gasteiger partial charge in [-0.2, -0.15) is 0 Å². The summed E-state index contributed by atoms with van der Waals surface area (Å²) < 4.78 is 59.5. The van der Waals surface area contributed by atoms with E-state index in [1.807, 2.05) is 6.92 Å². The summed E-state index contributed by atoms with van der Waals surface area (Å²) in [5.74, 6) is -1.58. The molecule has 0 saturated carbocycles. The number of anilines is 1. The van der Waals surface area contributed by atoms with Crippen LogP contribution >= 0.6 is 11.3 Å². The van der Waals surface area contributed by atoms with Crippen molar-refractivity contribution >= 4 is 33.0 Å². The first kappa shape index (κ1) is 22.7. The Balaban J connectivity index is 1.79. The van der Waals surface area contributed by atoms with Gasteiger partial charge in [-0.3, -0.25) is 9.10 Å². The number of nitrogens with zero attached hydrogens (tertiary/aromatic N) is 1. The van der Waals surface area contributed by atoms with E-state index in [1.54, 1.807) is 24.3 Å². The molecular formula is C21H20F2N2O4S2. The Labute approximate surface area is 183 Å². The molecule has 0 aliphatic carbocycles. The van der Waals surface area contributed by atoms with Crippen molar-refractivity contribution < 1.29 is 26.7 Å². The summed E-state index contributed by atoms with van der Waals surface area (Å²) in [7, 11) is -2.64. The Bertz CT molecular complexity index is 1180. The minimum atomic E-state index is -4.03. The SMILES string of the molecule is CCOc1ccc(N(C)S(=O)(=O)c2ccsc2C(=O)NCc2ccc(F)cc2F)cc1. The third-order valence-corrected chi connectivity index (χ3v) is 7.31. The predicted octanol–water partition coefficient (Wildman–Crippen LogP) is 4.18. The molecule has 0 radical (unpaired) electrons. The normalized spacial score (nSPS) is 11.2. The van der Waals surface area contributed by atoms with Gasteiger partial charge in [-0.1, -0.05) is 6.07 Å². The van der Waals surface area contributed by atoms with Crippen LogP contribution < -0.4 is 14.4 Å². The molecule has 1 N–H and O–H groups in total. The minimum absolute atomic E-state index is 0.0275. The van der Waals surface area contributed by atoms with E-state index in [2.05, 4.69) is 5.32 Å². The average molecular weight is 467 g/mol. The molecule has 3 aromatic rings. The number of rotatable bonds is 8. The number of ether oxygens (including phenoxy) is 1. The van der Waals surface area contributed by atoms with Crippen LogP contribution in [0.2, 0.25) is 0 Å². The molecule has 3 rings (SSSR count). The van der Waals surface area contributed by atoms with Gasteiger partial charge >= 0.3 is 0 Å². The number of carbonyl (C=O) groups excluding carboxylic acids is 1. The molecule has 0 saturated heterocycles. The molecule has 164 valence electrons. The van der Waals surface area contributed by atoms with E-state index in [-0.39, 0.29) is 21.9 Å². The maximum atomic E-state index is 13.8. The lowest BCUT2D eigenvalue weighted by Crippen LogP contribution is -2.29. The van der Waals surface area contributed by atoms with Gasteiger partial charge < -0.3 is 10.1 Å². The van der Waals surface area contributed by atoms with Crippen LogP contribution in [0.4, 0.5) is 14.5 Å². The maximum absolute atomic E-state index is 13.8. The fraction of sp³-hybridized carbons (Fsp3) is 0.190. The summed E-state index contributed by atoms with van der Waals surface area (Å²) in [6.45, 7) is 2.12. The van der Waals surface area contributed by atoms with Crippen LogP contribution in [0.15, 0.2) is 58.8 Å². The third kappa shape index (κ3) is 5.02.